The van der Waals surface area contributed by atoms with Crippen LogP contribution < -0.4 is 4.72 Å². The van der Waals surface area contributed by atoms with Crippen molar-refractivity contribution >= 4 is 21.6 Å². The number of benzene rings is 1. The minimum atomic E-state index is -3.31. The Labute approximate surface area is 139 Å². The highest BCUT2D eigenvalue weighted by Gasteiger charge is 2.33. The fraction of sp³-hybridized carbons (Fsp3) is 0.400. The second kappa shape index (κ2) is 6.23. The second-order valence-corrected chi connectivity index (χ2v) is 7.49. The highest BCUT2D eigenvalue weighted by molar-refractivity contribution is 7.92. The van der Waals surface area contributed by atoms with E-state index in [1.165, 1.54) is 0 Å². The smallest absolute Gasteiger partial charge is 0.232 e. The van der Waals surface area contributed by atoms with E-state index in [1.54, 1.807) is 29.2 Å². The van der Waals surface area contributed by atoms with Gasteiger partial charge < -0.3 is 9.42 Å². The molecule has 128 valence electrons. The number of nitrogens with one attached hydrogen (secondary N) is 1. The molecule has 0 aliphatic carbocycles. The summed E-state index contributed by atoms with van der Waals surface area (Å²) in [6, 6.07) is 6.68. The van der Waals surface area contributed by atoms with E-state index < -0.39 is 10.0 Å². The minimum absolute atomic E-state index is 0.0788. The molecule has 0 saturated carbocycles. The zero-order chi connectivity index (χ0) is 17.3. The quantitative estimate of drug-likeness (QED) is 0.875. The molecule has 8 nitrogen and oxygen atoms in total. The van der Waals surface area contributed by atoms with Gasteiger partial charge in [-0.05, 0) is 31.2 Å². The first-order valence-electron chi connectivity index (χ1n) is 7.55. The van der Waals surface area contributed by atoms with Gasteiger partial charge in [0.2, 0.25) is 27.6 Å². The molecule has 0 bridgehead atoms. The van der Waals surface area contributed by atoms with Crippen LogP contribution in [0.2, 0.25) is 0 Å². The molecule has 1 amide bonds. The molecular formula is C15H18N4O4S. The summed E-state index contributed by atoms with van der Waals surface area (Å²) in [5.41, 5.74) is 1.17. The Morgan fingerprint density at radius 1 is 1.33 bits per heavy atom. The van der Waals surface area contributed by atoms with Crippen molar-refractivity contribution in [1.29, 1.82) is 0 Å². The molecule has 1 aromatic carbocycles. The lowest BCUT2D eigenvalue weighted by Crippen LogP contribution is -2.24. The van der Waals surface area contributed by atoms with Gasteiger partial charge in [-0.15, -0.1) is 0 Å². The third-order valence-corrected chi connectivity index (χ3v) is 4.44. The third kappa shape index (κ3) is 3.56. The molecule has 1 aromatic heterocycles. The maximum absolute atomic E-state index is 11.8. The Hall–Kier alpha value is -2.42. The van der Waals surface area contributed by atoms with Gasteiger partial charge in [0.25, 0.3) is 0 Å². The number of aromatic nitrogens is 2. The molecule has 2 heterocycles. The van der Waals surface area contributed by atoms with E-state index in [4.69, 9.17) is 4.52 Å². The van der Waals surface area contributed by atoms with Crippen molar-refractivity contribution in [3.8, 4) is 11.4 Å². The number of rotatable bonds is 5. The number of sulfonamides is 1. The first-order valence-corrected chi connectivity index (χ1v) is 9.44. The van der Waals surface area contributed by atoms with Crippen LogP contribution in [0, 0.1) is 0 Å². The van der Waals surface area contributed by atoms with Crippen molar-refractivity contribution in [2.45, 2.75) is 19.3 Å². The molecule has 1 saturated heterocycles. The molecule has 1 N–H and O–H groups in total. The second-order valence-electron chi connectivity index (χ2n) is 5.74. The van der Waals surface area contributed by atoms with Crippen LogP contribution in [0.15, 0.2) is 28.8 Å². The van der Waals surface area contributed by atoms with Crippen LogP contribution in [0.3, 0.4) is 0 Å². The number of likely N-dealkylation sites (N-methyl/N-ethyl adjacent to an activating group) is 1. The lowest BCUT2D eigenvalue weighted by atomic mass is 10.1. The zero-order valence-electron chi connectivity index (χ0n) is 13.4. The van der Waals surface area contributed by atoms with Crippen molar-refractivity contribution in [3.63, 3.8) is 0 Å². The fourth-order valence-electron chi connectivity index (χ4n) is 2.66. The molecule has 0 radical (unpaired) electrons. The minimum Gasteiger partial charge on any atom is -0.342 e. The van der Waals surface area contributed by atoms with Crippen LogP contribution in [0.1, 0.15) is 25.2 Å². The molecule has 24 heavy (non-hydrogen) atoms. The van der Waals surface area contributed by atoms with Crippen LogP contribution in [-0.2, 0) is 14.8 Å². The number of anilines is 1. The Kier molecular flexibility index (Phi) is 4.27. The number of carbonyl (C=O) groups excluding carboxylic acids is 1. The summed E-state index contributed by atoms with van der Waals surface area (Å²) in [6.07, 6.45) is 1.47. The summed E-state index contributed by atoms with van der Waals surface area (Å²) in [4.78, 5) is 17.9. The first-order chi connectivity index (χ1) is 11.4. The average Bonchev–Trinajstić information content (AvgIpc) is 3.13. The van der Waals surface area contributed by atoms with E-state index >= 15 is 0 Å². The largest absolute Gasteiger partial charge is 0.342 e. The van der Waals surface area contributed by atoms with E-state index in [1.807, 2.05) is 6.92 Å². The monoisotopic (exact) mass is 350 g/mol. The Bertz CT molecular complexity index is 845. The molecule has 2 aromatic rings. The van der Waals surface area contributed by atoms with E-state index in [-0.39, 0.29) is 11.8 Å². The lowest BCUT2D eigenvalue weighted by molar-refractivity contribution is -0.127. The van der Waals surface area contributed by atoms with Crippen molar-refractivity contribution in [3.05, 3.63) is 30.2 Å². The number of amides is 1. The molecule has 1 unspecified atom stereocenters. The summed E-state index contributed by atoms with van der Waals surface area (Å²) >= 11 is 0. The van der Waals surface area contributed by atoms with Crippen molar-refractivity contribution < 1.29 is 17.7 Å². The van der Waals surface area contributed by atoms with Crippen LogP contribution in [0.4, 0.5) is 5.69 Å². The number of hydrogen-bond donors (Lipinski definition) is 1. The summed E-state index contributed by atoms with van der Waals surface area (Å²) in [6.45, 7) is 3.20. The molecule has 1 aliphatic heterocycles. The summed E-state index contributed by atoms with van der Waals surface area (Å²) in [5.74, 6) is 0.884. The van der Waals surface area contributed by atoms with Gasteiger partial charge in [-0.2, -0.15) is 4.98 Å². The van der Waals surface area contributed by atoms with E-state index in [0.717, 1.165) is 6.26 Å². The average molecular weight is 350 g/mol. The summed E-state index contributed by atoms with van der Waals surface area (Å²) in [7, 11) is -3.31. The van der Waals surface area contributed by atoms with Gasteiger partial charge in [0.05, 0.1) is 12.2 Å². The van der Waals surface area contributed by atoms with E-state index in [2.05, 4.69) is 14.9 Å². The highest BCUT2D eigenvalue weighted by atomic mass is 32.2. The molecule has 3 rings (SSSR count). The highest BCUT2D eigenvalue weighted by Crippen LogP contribution is 2.28. The van der Waals surface area contributed by atoms with Crippen molar-refractivity contribution in [1.82, 2.24) is 15.0 Å². The summed E-state index contributed by atoms with van der Waals surface area (Å²) in [5, 5.41) is 3.96. The van der Waals surface area contributed by atoms with Gasteiger partial charge in [0.15, 0.2) is 0 Å². The van der Waals surface area contributed by atoms with Gasteiger partial charge in [-0.25, -0.2) is 8.42 Å². The topological polar surface area (TPSA) is 105 Å². The number of hydrogen-bond acceptors (Lipinski definition) is 6. The van der Waals surface area contributed by atoms with Gasteiger partial charge in [0.1, 0.15) is 0 Å². The molecule has 1 aliphatic rings. The van der Waals surface area contributed by atoms with Crippen molar-refractivity contribution in [2.24, 2.45) is 0 Å². The standard InChI is InChI=1S/C15H18N4O4S/c1-3-19-9-11(8-13(19)20)15-16-14(17-23-15)10-4-6-12(7-5-10)18-24(2,21)22/h4-7,11,18H,3,8-9H2,1-2H3. The fourth-order valence-corrected chi connectivity index (χ4v) is 3.23. The number of nitrogens with zero attached hydrogens (tertiary/aromatic N) is 3. The molecule has 1 fully saturated rings. The maximum atomic E-state index is 11.8. The zero-order valence-corrected chi connectivity index (χ0v) is 14.2. The third-order valence-electron chi connectivity index (χ3n) is 3.83. The van der Waals surface area contributed by atoms with Gasteiger partial charge >= 0.3 is 0 Å². The number of likely N-dealkylation sites (tertiary alicyclic amines) is 1. The van der Waals surface area contributed by atoms with E-state index in [9.17, 15) is 13.2 Å². The Morgan fingerprint density at radius 2 is 2.04 bits per heavy atom. The predicted molar refractivity (Wildman–Crippen MR) is 87.8 cm³/mol. The van der Waals surface area contributed by atoms with Crippen LogP contribution in [0.5, 0.6) is 0 Å². The van der Waals surface area contributed by atoms with E-state index in [0.29, 0.717) is 42.5 Å². The van der Waals surface area contributed by atoms with Crippen LogP contribution in [-0.4, -0.2) is 48.7 Å². The number of carbonyl (C=O) groups is 1. The molecule has 1 atom stereocenters. The van der Waals surface area contributed by atoms with Crippen LogP contribution >= 0.6 is 0 Å². The predicted octanol–water partition coefficient (Wildman–Crippen LogP) is 1.44. The van der Waals surface area contributed by atoms with Gasteiger partial charge in [0, 0.05) is 30.8 Å². The first kappa shape index (κ1) is 16.4. The Morgan fingerprint density at radius 3 is 2.62 bits per heavy atom. The normalized spacial score (nSPS) is 18.2. The lowest BCUT2D eigenvalue weighted by Gasteiger charge is -2.11. The van der Waals surface area contributed by atoms with Gasteiger partial charge in [-0.1, -0.05) is 5.16 Å². The molecular weight excluding hydrogens is 332 g/mol. The van der Waals surface area contributed by atoms with Gasteiger partial charge in [-0.3, -0.25) is 9.52 Å². The van der Waals surface area contributed by atoms with Crippen LogP contribution in [0.25, 0.3) is 11.4 Å². The van der Waals surface area contributed by atoms with Crippen molar-refractivity contribution in [2.75, 3.05) is 24.1 Å². The molecule has 9 heteroatoms. The maximum Gasteiger partial charge on any atom is 0.232 e. The SMILES string of the molecule is CCN1CC(c2nc(-c3ccc(NS(C)(=O)=O)cc3)no2)CC1=O. The molecule has 0 spiro atoms. The Balaban J connectivity index is 1.75. The summed E-state index contributed by atoms with van der Waals surface area (Å²) < 4.78 is 30.1.